The van der Waals surface area contributed by atoms with Crippen LogP contribution in [0.15, 0.2) is 24.8 Å². The molecular formula is C12H19N. The van der Waals surface area contributed by atoms with Crippen molar-refractivity contribution in [3.63, 3.8) is 0 Å². The van der Waals surface area contributed by atoms with Gasteiger partial charge in [-0.3, -0.25) is 4.90 Å². The largest absolute Gasteiger partial charge is 0.297 e. The summed E-state index contributed by atoms with van der Waals surface area (Å²) in [6.07, 6.45) is 9.35. The first-order valence-electron chi connectivity index (χ1n) is 5.33. The molecule has 3 atom stereocenters. The van der Waals surface area contributed by atoms with E-state index < -0.39 is 0 Å². The van der Waals surface area contributed by atoms with Gasteiger partial charge in [-0.25, -0.2) is 0 Å². The van der Waals surface area contributed by atoms with Crippen molar-refractivity contribution in [1.29, 1.82) is 0 Å². The van der Waals surface area contributed by atoms with E-state index in [1.54, 1.807) is 0 Å². The van der Waals surface area contributed by atoms with Gasteiger partial charge in [-0.1, -0.05) is 18.2 Å². The fourth-order valence-corrected chi connectivity index (χ4v) is 2.53. The van der Waals surface area contributed by atoms with Crippen molar-refractivity contribution < 1.29 is 0 Å². The fourth-order valence-electron chi connectivity index (χ4n) is 2.53. The Morgan fingerprint density at radius 2 is 1.85 bits per heavy atom. The van der Waals surface area contributed by atoms with Gasteiger partial charge in [-0.15, -0.1) is 6.58 Å². The lowest BCUT2D eigenvalue weighted by atomic mass is 9.86. The lowest BCUT2D eigenvalue weighted by Crippen LogP contribution is -2.29. The molecule has 1 fully saturated rings. The van der Waals surface area contributed by atoms with Crippen LogP contribution in [0.3, 0.4) is 0 Å². The molecule has 72 valence electrons. The number of allylic oxidation sites excluding steroid dienone is 2. The number of hydrogen-bond donors (Lipinski definition) is 0. The van der Waals surface area contributed by atoms with E-state index in [9.17, 15) is 0 Å². The van der Waals surface area contributed by atoms with Crippen molar-refractivity contribution in [2.24, 2.45) is 11.8 Å². The van der Waals surface area contributed by atoms with Crippen molar-refractivity contribution in [2.75, 3.05) is 13.1 Å². The lowest BCUT2D eigenvalue weighted by Gasteiger charge is -2.20. The highest BCUT2D eigenvalue weighted by Crippen LogP contribution is 2.33. The van der Waals surface area contributed by atoms with Gasteiger partial charge in [0, 0.05) is 19.1 Å². The Kier molecular flexibility index (Phi) is 2.54. The fraction of sp³-hybridized carbons (Fsp3) is 0.667. The van der Waals surface area contributed by atoms with Crippen LogP contribution in [-0.4, -0.2) is 24.0 Å². The summed E-state index contributed by atoms with van der Waals surface area (Å²) in [5.74, 6) is 1.85. The van der Waals surface area contributed by atoms with Gasteiger partial charge in [0.1, 0.15) is 0 Å². The maximum atomic E-state index is 3.87. The smallest absolute Gasteiger partial charge is 0.0247 e. The number of nitrogens with zero attached hydrogens (tertiary/aromatic N) is 1. The van der Waals surface area contributed by atoms with Crippen molar-refractivity contribution in [2.45, 2.75) is 25.8 Å². The molecular weight excluding hydrogens is 158 g/mol. The summed E-state index contributed by atoms with van der Waals surface area (Å²) in [6.45, 7) is 8.67. The molecule has 0 aromatic rings. The minimum Gasteiger partial charge on any atom is -0.297 e. The Hall–Kier alpha value is -0.560. The molecule has 0 aromatic heterocycles. The molecule has 1 heteroatoms. The molecule has 0 N–H and O–H groups in total. The molecule has 0 bridgehead atoms. The summed E-state index contributed by atoms with van der Waals surface area (Å²) in [5.41, 5.74) is 0. The van der Waals surface area contributed by atoms with Gasteiger partial charge >= 0.3 is 0 Å². The number of fused-ring (bicyclic) bond motifs is 1. The molecule has 3 unspecified atom stereocenters. The minimum absolute atomic E-state index is 0.561. The standard InChI is InChI=1S/C12H19N/c1-3-10(2)13-8-11-6-4-5-7-12(11)9-13/h3-5,10-12H,1,6-9H2,2H3. The van der Waals surface area contributed by atoms with Gasteiger partial charge in [0.05, 0.1) is 0 Å². The third-order valence-electron chi connectivity index (χ3n) is 3.57. The van der Waals surface area contributed by atoms with Crippen LogP contribution in [0, 0.1) is 11.8 Å². The van der Waals surface area contributed by atoms with Crippen molar-refractivity contribution in [3.05, 3.63) is 24.8 Å². The van der Waals surface area contributed by atoms with Crippen molar-refractivity contribution in [3.8, 4) is 0 Å². The lowest BCUT2D eigenvalue weighted by molar-refractivity contribution is 0.285. The summed E-state index contributed by atoms with van der Waals surface area (Å²) in [6, 6.07) is 0.561. The van der Waals surface area contributed by atoms with E-state index in [2.05, 4.69) is 36.6 Å². The predicted molar refractivity (Wildman–Crippen MR) is 56.6 cm³/mol. The average molecular weight is 177 g/mol. The zero-order valence-electron chi connectivity index (χ0n) is 8.45. The second-order valence-electron chi connectivity index (χ2n) is 4.39. The second kappa shape index (κ2) is 3.67. The summed E-state index contributed by atoms with van der Waals surface area (Å²) in [4.78, 5) is 2.56. The van der Waals surface area contributed by atoms with E-state index in [-0.39, 0.29) is 0 Å². The normalized spacial score (nSPS) is 35.8. The Morgan fingerprint density at radius 3 is 2.31 bits per heavy atom. The molecule has 0 saturated carbocycles. The van der Waals surface area contributed by atoms with Crippen LogP contribution in [0.5, 0.6) is 0 Å². The summed E-state index contributed by atoms with van der Waals surface area (Å²) in [7, 11) is 0. The Morgan fingerprint density at radius 1 is 1.31 bits per heavy atom. The first kappa shape index (κ1) is 9.01. The third-order valence-corrected chi connectivity index (χ3v) is 3.57. The molecule has 1 heterocycles. The summed E-state index contributed by atoms with van der Waals surface area (Å²) in [5, 5.41) is 0. The van der Waals surface area contributed by atoms with Crippen molar-refractivity contribution >= 4 is 0 Å². The summed E-state index contributed by atoms with van der Waals surface area (Å²) < 4.78 is 0. The SMILES string of the molecule is C=CC(C)N1CC2CC=CCC2C1. The van der Waals surface area contributed by atoms with E-state index in [1.807, 2.05) is 0 Å². The van der Waals surface area contributed by atoms with E-state index in [4.69, 9.17) is 0 Å². The second-order valence-corrected chi connectivity index (χ2v) is 4.39. The van der Waals surface area contributed by atoms with E-state index in [0.717, 1.165) is 11.8 Å². The highest BCUT2D eigenvalue weighted by atomic mass is 15.2. The van der Waals surface area contributed by atoms with Gasteiger partial charge in [0.15, 0.2) is 0 Å². The monoisotopic (exact) mass is 177 g/mol. The zero-order valence-corrected chi connectivity index (χ0v) is 8.45. The molecule has 0 aromatic carbocycles. The van der Waals surface area contributed by atoms with E-state index in [0.29, 0.717) is 6.04 Å². The maximum absolute atomic E-state index is 3.87. The van der Waals surface area contributed by atoms with Crippen LogP contribution in [0.2, 0.25) is 0 Å². The van der Waals surface area contributed by atoms with Crippen LogP contribution < -0.4 is 0 Å². The van der Waals surface area contributed by atoms with Gasteiger partial charge < -0.3 is 0 Å². The minimum atomic E-state index is 0.561. The molecule has 2 aliphatic rings. The molecule has 1 aliphatic carbocycles. The Labute approximate surface area is 81.1 Å². The topological polar surface area (TPSA) is 3.24 Å². The molecule has 1 nitrogen and oxygen atoms in total. The number of likely N-dealkylation sites (tertiary alicyclic amines) is 1. The predicted octanol–water partition coefficient (Wildman–Crippen LogP) is 2.46. The highest BCUT2D eigenvalue weighted by molar-refractivity contribution is 5.01. The molecule has 1 aliphatic heterocycles. The molecule has 0 amide bonds. The first-order valence-corrected chi connectivity index (χ1v) is 5.33. The molecule has 0 spiro atoms. The van der Waals surface area contributed by atoms with Crippen molar-refractivity contribution in [1.82, 2.24) is 4.90 Å². The molecule has 2 rings (SSSR count). The van der Waals surface area contributed by atoms with Crippen LogP contribution in [-0.2, 0) is 0 Å². The first-order chi connectivity index (χ1) is 6.31. The third kappa shape index (κ3) is 1.71. The van der Waals surface area contributed by atoms with Gasteiger partial charge in [0.2, 0.25) is 0 Å². The summed E-state index contributed by atoms with van der Waals surface area (Å²) >= 11 is 0. The number of hydrogen-bond acceptors (Lipinski definition) is 1. The molecule has 13 heavy (non-hydrogen) atoms. The molecule has 0 radical (unpaired) electrons. The number of rotatable bonds is 2. The highest BCUT2D eigenvalue weighted by Gasteiger charge is 2.33. The van der Waals surface area contributed by atoms with Crippen LogP contribution in [0.4, 0.5) is 0 Å². The average Bonchev–Trinajstić information content (AvgIpc) is 2.59. The molecule has 1 saturated heterocycles. The van der Waals surface area contributed by atoms with E-state index >= 15 is 0 Å². The van der Waals surface area contributed by atoms with Gasteiger partial charge in [-0.05, 0) is 31.6 Å². The zero-order chi connectivity index (χ0) is 9.26. The van der Waals surface area contributed by atoms with E-state index in [1.165, 1.54) is 25.9 Å². The van der Waals surface area contributed by atoms with Crippen LogP contribution in [0.1, 0.15) is 19.8 Å². The van der Waals surface area contributed by atoms with Crippen LogP contribution in [0.25, 0.3) is 0 Å². The van der Waals surface area contributed by atoms with Gasteiger partial charge in [-0.2, -0.15) is 0 Å². The Bertz CT molecular complexity index is 203. The van der Waals surface area contributed by atoms with Gasteiger partial charge in [0.25, 0.3) is 0 Å². The van der Waals surface area contributed by atoms with Crippen LogP contribution >= 0.6 is 0 Å². The Balaban J connectivity index is 1.97. The maximum Gasteiger partial charge on any atom is 0.0247 e. The quantitative estimate of drug-likeness (QED) is 0.586.